The van der Waals surface area contributed by atoms with Crippen LogP contribution in [0.15, 0.2) is 41.1 Å². The van der Waals surface area contributed by atoms with Crippen LogP contribution in [0.2, 0.25) is 5.02 Å². The molecule has 0 fully saturated rings. The van der Waals surface area contributed by atoms with Crippen LogP contribution in [-0.2, 0) is 11.2 Å². The summed E-state index contributed by atoms with van der Waals surface area (Å²) >= 11 is 9.75. The first-order valence-corrected chi connectivity index (χ1v) is 11.3. The van der Waals surface area contributed by atoms with Gasteiger partial charge in [0.15, 0.2) is 0 Å². The average Bonchev–Trinajstić information content (AvgIpc) is 3.40. The number of halogens is 1. The molecule has 0 saturated heterocycles. The number of amides is 1. The number of ether oxygens (including phenoxy) is 2. The van der Waals surface area contributed by atoms with Gasteiger partial charge in [0.1, 0.15) is 11.5 Å². The van der Waals surface area contributed by atoms with Gasteiger partial charge in [0.05, 0.1) is 37.5 Å². The molecule has 3 aromatic rings. The van der Waals surface area contributed by atoms with E-state index in [0.717, 1.165) is 13.0 Å². The van der Waals surface area contributed by atoms with E-state index in [4.69, 9.17) is 21.1 Å². The lowest BCUT2D eigenvalue weighted by Crippen LogP contribution is -2.40. The molecule has 1 atom stereocenters. The Morgan fingerprint density at radius 1 is 1.21 bits per heavy atom. The number of rotatable bonds is 6. The molecule has 0 bridgehead atoms. The van der Waals surface area contributed by atoms with Crippen molar-refractivity contribution in [1.82, 2.24) is 4.90 Å². The zero-order chi connectivity index (χ0) is 20.4. The fourth-order valence-corrected chi connectivity index (χ4v) is 5.67. The Labute approximate surface area is 182 Å². The molecule has 1 N–H and O–H groups in total. The van der Waals surface area contributed by atoms with E-state index >= 15 is 0 Å². The summed E-state index contributed by atoms with van der Waals surface area (Å²) in [5.41, 5.74) is 1.84. The zero-order valence-corrected chi connectivity index (χ0v) is 18.5. The molecule has 1 aliphatic heterocycles. The van der Waals surface area contributed by atoms with E-state index in [2.05, 4.69) is 39.2 Å². The van der Waals surface area contributed by atoms with Crippen molar-refractivity contribution in [3.05, 3.63) is 61.4 Å². The molecule has 0 saturated carbocycles. The highest BCUT2D eigenvalue weighted by Crippen LogP contribution is 2.40. The van der Waals surface area contributed by atoms with Crippen molar-refractivity contribution >= 4 is 45.9 Å². The molecule has 5 nitrogen and oxygen atoms in total. The van der Waals surface area contributed by atoms with Crippen molar-refractivity contribution in [2.75, 3.05) is 32.6 Å². The van der Waals surface area contributed by atoms with Crippen molar-refractivity contribution in [1.29, 1.82) is 0 Å². The molecule has 3 heterocycles. The highest BCUT2D eigenvalue weighted by molar-refractivity contribution is 7.10. The van der Waals surface area contributed by atoms with Gasteiger partial charge in [0.2, 0.25) is 5.91 Å². The number of benzene rings is 1. The molecule has 29 heavy (non-hydrogen) atoms. The molecular weight excluding hydrogens is 428 g/mol. The van der Waals surface area contributed by atoms with Gasteiger partial charge in [-0.3, -0.25) is 9.69 Å². The van der Waals surface area contributed by atoms with Gasteiger partial charge in [0.25, 0.3) is 0 Å². The molecule has 0 radical (unpaired) electrons. The summed E-state index contributed by atoms with van der Waals surface area (Å²) in [5, 5.41) is 7.58. The van der Waals surface area contributed by atoms with Crippen LogP contribution in [0.1, 0.15) is 21.4 Å². The summed E-state index contributed by atoms with van der Waals surface area (Å²) in [4.78, 5) is 17.8. The zero-order valence-electron chi connectivity index (χ0n) is 16.1. The molecule has 1 amide bonds. The minimum absolute atomic E-state index is 0.107. The van der Waals surface area contributed by atoms with Gasteiger partial charge in [-0.05, 0) is 40.9 Å². The maximum Gasteiger partial charge on any atom is 0.238 e. The van der Waals surface area contributed by atoms with Crippen LogP contribution in [0.3, 0.4) is 0 Å². The summed E-state index contributed by atoms with van der Waals surface area (Å²) < 4.78 is 10.6. The smallest absolute Gasteiger partial charge is 0.238 e. The first kappa shape index (κ1) is 20.2. The molecule has 0 aliphatic carbocycles. The predicted molar refractivity (Wildman–Crippen MR) is 119 cm³/mol. The topological polar surface area (TPSA) is 50.8 Å². The number of nitrogens with one attached hydrogen (secondary N) is 1. The Morgan fingerprint density at radius 3 is 2.76 bits per heavy atom. The van der Waals surface area contributed by atoms with Crippen LogP contribution in [0.25, 0.3) is 0 Å². The van der Waals surface area contributed by atoms with E-state index in [-0.39, 0.29) is 18.5 Å². The lowest BCUT2D eigenvalue weighted by molar-refractivity contribution is -0.117. The summed E-state index contributed by atoms with van der Waals surface area (Å²) in [6.45, 7) is 1.12. The van der Waals surface area contributed by atoms with E-state index in [1.165, 1.54) is 15.3 Å². The largest absolute Gasteiger partial charge is 0.495 e. The van der Waals surface area contributed by atoms with Crippen LogP contribution in [0.4, 0.5) is 5.69 Å². The van der Waals surface area contributed by atoms with Crippen LogP contribution in [0.5, 0.6) is 11.5 Å². The minimum Gasteiger partial charge on any atom is -0.495 e. The number of thiophene rings is 2. The van der Waals surface area contributed by atoms with Crippen LogP contribution in [-0.4, -0.2) is 38.1 Å². The monoisotopic (exact) mass is 448 g/mol. The average molecular weight is 449 g/mol. The Balaban J connectivity index is 1.55. The first-order valence-electron chi connectivity index (χ1n) is 9.15. The number of methoxy groups -OCH3 is 2. The Morgan fingerprint density at radius 2 is 2.03 bits per heavy atom. The second kappa shape index (κ2) is 8.75. The fourth-order valence-electron chi connectivity index (χ4n) is 3.65. The van der Waals surface area contributed by atoms with Crippen molar-refractivity contribution in [2.45, 2.75) is 12.5 Å². The predicted octanol–water partition coefficient (Wildman–Crippen LogP) is 5.07. The second-order valence-electron chi connectivity index (χ2n) is 6.67. The maximum absolute atomic E-state index is 12.9. The lowest BCUT2D eigenvalue weighted by Gasteiger charge is -2.34. The number of hydrogen-bond donors (Lipinski definition) is 1. The van der Waals surface area contributed by atoms with E-state index in [1.807, 2.05) is 0 Å². The van der Waals surface area contributed by atoms with Crippen molar-refractivity contribution < 1.29 is 14.3 Å². The van der Waals surface area contributed by atoms with Gasteiger partial charge < -0.3 is 14.8 Å². The van der Waals surface area contributed by atoms with Gasteiger partial charge >= 0.3 is 0 Å². The van der Waals surface area contributed by atoms with Gasteiger partial charge in [-0.25, -0.2) is 0 Å². The number of fused-ring (bicyclic) bond motifs is 1. The summed E-state index contributed by atoms with van der Waals surface area (Å²) in [5.74, 6) is 0.901. The fraction of sp³-hybridized carbons (Fsp3) is 0.286. The van der Waals surface area contributed by atoms with Gasteiger partial charge in [0, 0.05) is 22.4 Å². The number of carbonyl (C=O) groups excluding carboxylic acids is 1. The highest BCUT2D eigenvalue weighted by Gasteiger charge is 2.31. The van der Waals surface area contributed by atoms with Crippen LogP contribution < -0.4 is 14.8 Å². The van der Waals surface area contributed by atoms with Gasteiger partial charge in [-0.15, -0.1) is 22.7 Å². The van der Waals surface area contributed by atoms with E-state index < -0.39 is 0 Å². The summed E-state index contributed by atoms with van der Waals surface area (Å²) in [6, 6.07) is 9.81. The first-order chi connectivity index (χ1) is 14.1. The standard InChI is InChI=1S/C21H21ClN2O3S2/c1-26-16-11-17(27-2)15(10-14(16)22)23-20(25)12-24-7-5-18-13(6-9-29-18)21(24)19-4-3-8-28-19/h3-4,6,8-11,21H,5,7,12H2,1-2H3,(H,23,25)/t21-/m1/s1. The van der Waals surface area contributed by atoms with E-state index in [1.54, 1.807) is 49.0 Å². The van der Waals surface area contributed by atoms with Gasteiger partial charge in [-0.1, -0.05) is 17.7 Å². The van der Waals surface area contributed by atoms with Crippen molar-refractivity contribution in [3.63, 3.8) is 0 Å². The molecular formula is C21H21ClN2O3S2. The molecule has 8 heteroatoms. The third kappa shape index (κ3) is 4.14. The van der Waals surface area contributed by atoms with Crippen molar-refractivity contribution in [2.24, 2.45) is 0 Å². The van der Waals surface area contributed by atoms with Gasteiger partial charge in [-0.2, -0.15) is 0 Å². The number of carbonyl (C=O) groups is 1. The second-order valence-corrected chi connectivity index (χ2v) is 9.06. The highest BCUT2D eigenvalue weighted by atomic mass is 35.5. The molecule has 152 valence electrons. The molecule has 0 spiro atoms. The molecule has 1 aromatic carbocycles. The van der Waals surface area contributed by atoms with Crippen LogP contribution in [0, 0.1) is 0 Å². The molecule has 2 aromatic heterocycles. The van der Waals surface area contributed by atoms with E-state index in [9.17, 15) is 4.79 Å². The van der Waals surface area contributed by atoms with Crippen LogP contribution >= 0.6 is 34.3 Å². The Bertz CT molecular complexity index is 1000. The molecule has 0 unspecified atom stereocenters. The maximum atomic E-state index is 12.9. The minimum atomic E-state index is -0.107. The summed E-state index contributed by atoms with van der Waals surface area (Å²) in [6.07, 6.45) is 0.958. The normalized spacial score (nSPS) is 16.3. The third-order valence-corrected chi connectivity index (χ3v) is 7.19. The number of anilines is 1. The molecule has 1 aliphatic rings. The van der Waals surface area contributed by atoms with Crippen molar-refractivity contribution in [3.8, 4) is 11.5 Å². The molecule has 4 rings (SSSR count). The quantitative estimate of drug-likeness (QED) is 0.572. The number of hydrogen-bond acceptors (Lipinski definition) is 6. The number of nitrogens with zero attached hydrogens (tertiary/aromatic N) is 1. The SMILES string of the molecule is COc1cc(OC)c(NC(=O)CN2CCc3sccc3[C@@H]2c2cccs2)cc1Cl. The lowest BCUT2D eigenvalue weighted by atomic mass is 9.98. The third-order valence-electron chi connectivity index (χ3n) is 4.97. The Kier molecular flexibility index (Phi) is 6.10. The Hall–Kier alpha value is -2.06. The van der Waals surface area contributed by atoms with E-state index in [0.29, 0.717) is 22.2 Å². The summed E-state index contributed by atoms with van der Waals surface area (Å²) in [7, 11) is 3.09.